The highest BCUT2D eigenvalue weighted by Crippen LogP contribution is 2.40. The van der Waals surface area contributed by atoms with Gasteiger partial charge in [-0.05, 0) is 42.9 Å². The van der Waals surface area contributed by atoms with Gasteiger partial charge in [0.1, 0.15) is 0 Å². The van der Waals surface area contributed by atoms with Crippen molar-refractivity contribution >= 4 is 11.8 Å². The fourth-order valence-corrected chi connectivity index (χ4v) is 5.58. The minimum Gasteiger partial charge on any atom is -0.312 e. The van der Waals surface area contributed by atoms with Gasteiger partial charge < -0.3 is 5.32 Å². The maximum absolute atomic E-state index is 3.73. The van der Waals surface area contributed by atoms with Crippen molar-refractivity contribution in [1.29, 1.82) is 0 Å². The van der Waals surface area contributed by atoms with Crippen LogP contribution in [0, 0.1) is 11.3 Å². The summed E-state index contributed by atoms with van der Waals surface area (Å²) in [6, 6.07) is 1.61. The molecule has 17 heavy (non-hydrogen) atoms. The standard InChI is InChI=1S/C14H26N2S/c1-14(2)5-7-17-10-13(14)16-8-11-4-3-6-15-12(11)9-16/h11-13,15H,3-10H2,1-2H3. The first-order valence-corrected chi connectivity index (χ1v) is 8.37. The minimum atomic E-state index is 0.527. The molecule has 3 rings (SSSR count). The number of nitrogens with one attached hydrogen (secondary N) is 1. The van der Waals surface area contributed by atoms with Crippen LogP contribution in [0.25, 0.3) is 0 Å². The van der Waals surface area contributed by atoms with E-state index in [0.29, 0.717) is 5.41 Å². The molecule has 0 aromatic carbocycles. The summed E-state index contributed by atoms with van der Waals surface area (Å²) in [7, 11) is 0. The highest BCUT2D eigenvalue weighted by atomic mass is 32.2. The number of fused-ring (bicyclic) bond motifs is 1. The molecular formula is C14H26N2S. The van der Waals surface area contributed by atoms with Gasteiger partial charge in [-0.1, -0.05) is 13.8 Å². The van der Waals surface area contributed by atoms with E-state index in [1.165, 1.54) is 50.4 Å². The first kappa shape index (κ1) is 12.3. The first-order chi connectivity index (χ1) is 8.17. The van der Waals surface area contributed by atoms with Gasteiger partial charge in [-0.25, -0.2) is 0 Å². The molecule has 0 aliphatic carbocycles. The Hall–Kier alpha value is 0.270. The molecule has 0 spiro atoms. The van der Waals surface area contributed by atoms with Gasteiger partial charge in [0.15, 0.2) is 0 Å². The summed E-state index contributed by atoms with van der Waals surface area (Å²) in [5.74, 6) is 3.65. The van der Waals surface area contributed by atoms with Crippen molar-refractivity contribution in [3.8, 4) is 0 Å². The number of hydrogen-bond donors (Lipinski definition) is 1. The summed E-state index contributed by atoms with van der Waals surface area (Å²) in [6.07, 6.45) is 4.23. The molecule has 98 valence electrons. The SMILES string of the molecule is CC1(C)CCSCC1N1CC2CCCNC2C1. The lowest BCUT2D eigenvalue weighted by Gasteiger charge is -2.43. The summed E-state index contributed by atoms with van der Waals surface area (Å²) in [6.45, 7) is 8.86. The van der Waals surface area contributed by atoms with Crippen molar-refractivity contribution in [2.24, 2.45) is 11.3 Å². The second-order valence-electron chi connectivity index (χ2n) is 6.75. The molecule has 3 atom stereocenters. The molecule has 0 bridgehead atoms. The maximum Gasteiger partial charge on any atom is 0.0238 e. The van der Waals surface area contributed by atoms with Crippen LogP contribution in [0.3, 0.4) is 0 Å². The predicted molar refractivity (Wildman–Crippen MR) is 75.6 cm³/mol. The van der Waals surface area contributed by atoms with Crippen LogP contribution < -0.4 is 5.32 Å². The zero-order chi connectivity index (χ0) is 11.9. The van der Waals surface area contributed by atoms with E-state index in [-0.39, 0.29) is 0 Å². The van der Waals surface area contributed by atoms with Crippen molar-refractivity contribution in [3.05, 3.63) is 0 Å². The molecule has 0 saturated carbocycles. The lowest BCUT2D eigenvalue weighted by Crippen LogP contribution is -2.49. The van der Waals surface area contributed by atoms with Gasteiger partial charge in [0.25, 0.3) is 0 Å². The Morgan fingerprint density at radius 2 is 2.18 bits per heavy atom. The molecule has 3 heterocycles. The Morgan fingerprint density at radius 1 is 1.29 bits per heavy atom. The van der Waals surface area contributed by atoms with Gasteiger partial charge in [-0.3, -0.25) is 4.90 Å². The largest absolute Gasteiger partial charge is 0.312 e. The zero-order valence-electron chi connectivity index (χ0n) is 11.2. The van der Waals surface area contributed by atoms with Crippen molar-refractivity contribution in [2.45, 2.75) is 45.2 Å². The first-order valence-electron chi connectivity index (χ1n) is 7.22. The summed E-state index contributed by atoms with van der Waals surface area (Å²) in [5, 5.41) is 3.73. The van der Waals surface area contributed by atoms with E-state index < -0.39 is 0 Å². The molecular weight excluding hydrogens is 228 g/mol. The van der Waals surface area contributed by atoms with E-state index in [0.717, 1.165) is 18.0 Å². The second-order valence-corrected chi connectivity index (χ2v) is 7.90. The van der Waals surface area contributed by atoms with Crippen LogP contribution in [-0.2, 0) is 0 Å². The average Bonchev–Trinajstić information content (AvgIpc) is 2.71. The molecule has 0 aromatic heterocycles. The molecule has 1 N–H and O–H groups in total. The van der Waals surface area contributed by atoms with Crippen LogP contribution in [0.15, 0.2) is 0 Å². The fraction of sp³-hybridized carbons (Fsp3) is 1.00. The van der Waals surface area contributed by atoms with Crippen molar-refractivity contribution in [1.82, 2.24) is 10.2 Å². The van der Waals surface area contributed by atoms with E-state index >= 15 is 0 Å². The normalized spacial score (nSPS) is 42.4. The van der Waals surface area contributed by atoms with Gasteiger partial charge in [-0.2, -0.15) is 11.8 Å². The molecule has 3 aliphatic rings. The van der Waals surface area contributed by atoms with Crippen LogP contribution >= 0.6 is 11.8 Å². The number of hydrogen-bond acceptors (Lipinski definition) is 3. The third-order valence-corrected chi connectivity index (χ3v) is 6.18. The third-order valence-electron chi connectivity index (χ3n) is 5.14. The molecule has 0 aromatic rings. The Kier molecular flexibility index (Phi) is 3.44. The van der Waals surface area contributed by atoms with Gasteiger partial charge in [0.2, 0.25) is 0 Å². The number of thioether (sulfide) groups is 1. The molecule has 3 fully saturated rings. The van der Waals surface area contributed by atoms with Crippen molar-refractivity contribution in [2.75, 3.05) is 31.1 Å². The van der Waals surface area contributed by atoms with E-state index in [1.54, 1.807) is 0 Å². The highest BCUT2D eigenvalue weighted by molar-refractivity contribution is 7.99. The molecule has 0 radical (unpaired) electrons. The molecule has 0 amide bonds. The Morgan fingerprint density at radius 3 is 2.94 bits per heavy atom. The van der Waals surface area contributed by atoms with Gasteiger partial charge in [0, 0.05) is 30.9 Å². The number of likely N-dealkylation sites (tertiary alicyclic amines) is 1. The van der Waals surface area contributed by atoms with E-state index in [4.69, 9.17) is 0 Å². The van der Waals surface area contributed by atoms with Crippen LogP contribution in [0.2, 0.25) is 0 Å². The quantitative estimate of drug-likeness (QED) is 0.772. The van der Waals surface area contributed by atoms with Crippen molar-refractivity contribution < 1.29 is 0 Å². The number of piperidine rings is 1. The smallest absolute Gasteiger partial charge is 0.0238 e. The monoisotopic (exact) mass is 254 g/mol. The maximum atomic E-state index is 3.73. The van der Waals surface area contributed by atoms with Crippen LogP contribution in [0.1, 0.15) is 33.1 Å². The van der Waals surface area contributed by atoms with Crippen LogP contribution in [-0.4, -0.2) is 48.1 Å². The Balaban J connectivity index is 1.68. The Labute approximate surface area is 110 Å². The molecule has 2 nitrogen and oxygen atoms in total. The Bertz CT molecular complexity index is 265. The van der Waals surface area contributed by atoms with Crippen LogP contribution in [0.5, 0.6) is 0 Å². The molecule has 3 aliphatic heterocycles. The molecule has 3 heteroatoms. The lowest BCUT2D eigenvalue weighted by atomic mass is 9.81. The summed E-state index contributed by atoms with van der Waals surface area (Å²) in [4.78, 5) is 2.81. The summed E-state index contributed by atoms with van der Waals surface area (Å²) < 4.78 is 0. The van der Waals surface area contributed by atoms with Gasteiger partial charge >= 0.3 is 0 Å². The summed E-state index contributed by atoms with van der Waals surface area (Å²) in [5.41, 5.74) is 0.527. The highest BCUT2D eigenvalue weighted by Gasteiger charge is 2.43. The van der Waals surface area contributed by atoms with E-state index in [1.807, 2.05) is 0 Å². The van der Waals surface area contributed by atoms with E-state index in [9.17, 15) is 0 Å². The van der Waals surface area contributed by atoms with Gasteiger partial charge in [0.05, 0.1) is 0 Å². The minimum absolute atomic E-state index is 0.527. The van der Waals surface area contributed by atoms with E-state index in [2.05, 4.69) is 35.8 Å². The lowest BCUT2D eigenvalue weighted by molar-refractivity contribution is 0.116. The van der Waals surface area contributed by atoms with Crippen LogP contribution in [0.4, 0.5) is 0 Å². The second kappa shape index (κ2) is 4.75. The average molecular weight is 254 g/mol. The summed E-state index contributed by atoms with van der Waals surface area (Å²) >= 11 is 2.16. The molecule has 3 unspecified atom stereocenters. The fourth-order valence-electron chi connectivity index (χ4n) is 3.86. The molecule has 3 saturated heterocycles. The zero-order valence-corrected chi connectivity index (χ0v) is 12.1. The predicted octanol–water partition coefficient (Wildman–Crippen LogP) is 2.20. The number of nitrogens with zero attached hydrogens (tertiary/aromatic N) is 1. The number of rotatable bonds is 1. The van der Waals surface area contributed by atoms with Gasteiger partial charge in [-0.15, -0.1) is 0 Å². The third kappa shape index (κ3) is 2.39. The topological polar surface area (TPSA) is 15.3 Å². The van der Waals surface area contributed by atoms with Crippen molar-refractivity contribution in [3.63, 3.8) is 0 Å².